The highest BCUT2D eigenvalue weighted by molar-refractivity contribution is 7.88. The minimum atomic E-state index is -3.07. The largest absolute Gasteiger partial charge is 0.297 e. The van der Waals surface area contributed by atoms with Crippen molar-refractivity contribution in [1.29, 1.82) is 0 Å². The highest BCUT2D eigenvalue weighted by atomic mass is 32.2. The first-order chi connectivity index (χ1) is 9.44. The van der Waals surface area contributed by atoms with Gasteiger partial charge in [0.2, 0.25) is 10.0 Å². The lowest BCUT2D eigenvalue weighted by molar-refractivity contribution is 0.101. The summed E-state index contributed by atoms with van der Waals surface area (Å²) in [6.45, 7) is 3.04. The van der Waals surface area contributed by atoms with Gasteiger partial charge in [-0.15, -0.1) is 0 Å². The van der Waals surface area contributed by atoms with Gasteiger partial charge in [0.1, 0.15) is 0 Å². The summed E-state index contributed by atoms with van der Waals surface area (Å²) in [5.41, 5.74) is 1.44. The number of pyridine rings is 1. The van der Waals surface area contributed by atoms with E-state index in [4.69, 9.17) is 0 Å². The van der Waals surface area contributed by atoms with E-state index in [0.29, 0.717) is 5.41 Å². The lowest BCUT2D eigenvalue weighted by Crippen LogP contribution is -2.51. The molecule has 2 heterocycles. The van der Waals surface area contributed by atoms with Crippen LogP contribution < -0.4 is 4.72 Å². The van der Waals surface area contributed by atoms with E-state index in [0.717, 1.165) is 38.2 Å². The van der Waals surface area contributed by atoms with Gasteiger partial charge in [-0.1, -0.05) is 6.07 Å². The molecule has 1 N–H and O–H groups in total. The summed E-state index contributed by atoms with van der Waals surface area (Å²) in [5.74, 6) is 0. The molecule has 0 atom stereocenters. The Morgan fingerprint density at radius 1 is 1.45 bits per heavy atom. The van der Waals surface area contributed by atoms with E-state index in [1.807, 2.05) is 18.3 Å². The number of hydrogen-bond donors (Lipinski definition) is 1. The zero-order chi connectivity index (χ0) is 14.2. The van der Waals surface area contributed by atoms with Crippen molar-refractivity contribution in [3.05, 3.63) is 30.1 Å². The zero-order valence-electron chi connectivity index (χ0n) is 11.7. The van der Waals surface area contributed by atoms with Crippen LogP contribution in [0.5, 0.6) is 0 Å². The fourth-order valence-corrected chi connectivity index (χ4v) is 4.36. The molecule has 0 unspecified atom stereocenters. The molecule has 0 aromatic carbocycles. The summed E-state index contributed by atoms with van der Waals surface area (Å²) in [7, 11) is -3.07. The summed E-state index contributed by atoms with van der Waals surface area (Å²) in [6, 6.07) is 6.14. The molecule has 1 saturated heterocycles. The lowest BCUT2D eigenvalue weighted by atomic mass is 9.65. The molecule has 1 aromatic rings. The van der Waals surface area contributed by atoms with Crippen molar-refractivity contribution < 1.29 is 8.42 Å². The van der Waals surface area contributed by atoms with Gasteiger partial charge in [0.15, 0.2) is 0 Å². The number of rotatable bonds is 4. The van der Waals surface area contributed by atoms with E-state index in [2.05, 4.69) is 20.7 Å². The smallest absolute Gasteiger partial charge is 0.208 e. The van der Waals surface area contributed by atoms with Crippen LogP contribution in [0, 0.1) is 5.41 Å². The van der Waals surface area contributed by atoms with Gasteiger partial charge in [0, 0.05) is 25.3 Å². The second-order valence-corrected chi connectivity index (χ2v) is 8.06. The highest BCUT2D eigenvalue weighted by Crippen LogP contribution is 2.48. The summed E-state index contributed by atoms with van der Waals surface area (Å²) >= 11 is 0. The van der Waals surface area contributed by atoms with Crippen molar-refractivity contribution >= 4 is 10.0 Å². The Hall–Kier alpha value is -0.980. The Balaban J connectivity index is 1.51. The van der Waals surface area contributed by atoms with Crippen LogP contribution in [-0.4, -0.2) is 43.7 Å². The average Bonchev–Trinajstić information content (AvgIpc) is 2.72. The fourth-order valence-electron chi connectivity index (χ4n) is 3.59. The molecule has 0 amide bonds. The second kappa shape index (κ2) is 5.09. The molecule has 1 aliphatic carbocycles. The Labute approximate surface area is 120 Å². The third kappa shape index (κ3) is 3.19. The molecular weight excluding hydrogens is 274 g/mol. The van der Waals surface area contributed by atoms with Gasteiger partial charge in [-0.2, -0.15) is 0 Å². The molecule has 110 valence electrons. The predicted octanol–water partition coefficient (Wildman–Crippen LogP) is 0.985. The van der Waals surface area contributed by atoms with Crippen LogP contribution in [0.3, 0.4) is 0 Å². The van der Waals surface area contributed by atoms with Crippen LogP contribution >= 0.6 is 0 Å². The van der Waals surface area contributed by atoms with E-state index in [9.17, 15) is 8.42 Å². The maximum atomic E-state index is 11.2. The van der Waals surface area contributed by atoms with E-state index in [1.165, 1.54) is 12.7 Å². The van der Waals surface area contributed by atoms with Crippen LogP contribution in [0.4, 0.5) is 0 Å². The first kappa shape index (κ1) is 14.0. The first-order valence-corrected chi connectivity index (χ1v) is 8.93. The number of nitrogens with zero attached hydrogens (tertiary/aromatic N) is 2. The minimum absolute atomic E-state index is 0.139. The van der Waals surface area contributed by atoms with Crippen molar-refractivity contribution in [2.45, 2.75) is 31.8 Å². The van der Waals surface area contributed by atoms with Crippen LogP contribution in [0.2, 0.25) is 0 Å². The van der Waals surface area contributed by atoms with E-state index in [1.54, 1.807) is 0 Å². The monoisotopic (exact) mass is 295 g/mol. The molecule has 6 heteroatoms. The number of hydrogen-bond acceptors (Lipinski definition) is 4. The molecule has 2 aliphatic rings. The minimum Gasteiger partial charge on any atom is -0.297 e. The lowest BCUT2D eigenvalue weighted by Gasteiger charge is -2.45. The molecule has 0 bridgehead atoms. The summed E-state index contributed by atoms with van der Waals surface area (Å²) in [4.78, 5) is 6.79. The van der Waals surface area contributed by atoms with Crippen molar-refractivity contribution in [1.82, 2.24) is 14.6 Å². The third-order valence-corrected chi connectivity index (χ3v) is 5.13. The summed E-state index contributed by atoms with van der Waals surface area (Å²) < 4.78 is 25.1. The van der Waals surface area contributed by atoms with E-state index >= 15 is 0 Å². The molecule has 1 aliphatic heterocycles. The first-order valence-electron chi connectivity index (χ1n) is 7.04. The molecule has 1 saturated carbocycles. The van der Waals surface area contributed by atoms with Crippen molar-refractivity contribution in [2.75, 3.05) is 19.3 Å². The topological polar surface area (TPSA) is 62.3 Å². The maximum absolute atomic E-state index is 11.2. The maximum Gasteiger partial charge on any atom is 0.208 e. The molecule has 1 aromatic heterocycles. The van der Waals surface area contributed by atoms with Gasteiger partial charge in [0.25, 0.3) is 0 Å². The van der Waals surface area contributed by atoms with Crippen LogP contribution in [0.25, 0.3) is 0 Å². The Bertz CT molecular complexity index is 567. The second-order valence-electron chi connectivity index (χ2n) is 6.28. The van der Waals surface area contributed by atoms with Crippen LogP contribution in [-0.2, 0) is 16.6 Å². The molecule has 5 nitrogen and oxygen atoms in total. The summed E-state index contributed by atoms with van der Waals surface area (Å²) in [6.07, 6.45) is 6.18. The van der Waals surface area contributed by atoms with Gasteiger partial charge in [-0.3, -0.25) is 9.88 Å². The number of sulfonamides is 1. The van der Waals surface area contributed by atoms with Crippen LogP contribution in [0.1, 0.15) is 25.0 Å². The zero-order valence-corrected chi connectivity index (χ0v) is 12.6. The number of nitrogens with one attached hydrogen (secondary N) is 1. The molecule has 0 radical (unpaired) electrons. The Morgan fingerprint density at radius 3 is 2.90 bits per heavy atom. The molecule has 1 spiro atoms. The molecule has 2 fully saturated rings. The normalized spacial score (nSPS) is 30.6. The standard InChI is InChI=1S/C14H21N3O2S/c1-20(18,19)16-13-8-14(9-13)5-7-17(11-14)10-12-4-2-3-6-15-12/h2-4,6,13,16H,5,7-11H2,1H3. The van der Waals surface area contributed by atoms with Gasteiger partial charge in [-0.05, 0) is 43.4 Å². The van der Waals surface area contributed by atoms with Crippen molar-refractivity contribution in [3.63, 3.8) is 0 Å². The Morgan fingerprint density at radius 2 is 2.25 bits per heavy atom. The van der Waals surface area contributed by atoms with Crippen molar-refractivity contribution in [2.24, 2.45) is 5.41 Å². The fraction of sp³-hybridized carbons (Fsp3) is 0.643. The highest BCUT2D eigenvalue weighted by Gasteiger charge is 2.48. The molecular formula is C14H21N3O2S. The number of likely N-dealkylation sites (tertiary alicyclic amines) is 1. The third-order valence-electron chi connectivity index (χ3n) is 4.37. The van der Waals surface area contributed by atoms with Gasteiger partial charge < -0.3 is 0 Å². The SMILES string of the molecule is CS(=O)(=O)NC1CC2(CCN(Cc3ccccn3)C2)C1. The quantitative estimate of drug-likeness (QED) is 0.899. The predicted molar refractivity (Wildman–Crippen MR) is 77.6 cm³/mol. The Kier molecular flexibility index (Phi) is 3.56. The van der Waals surface area contributed by atoms with Gasteiger partial charge in [0.05, 0.1) is 11.9 Å². The van der Waals surface area contributed by atoms with E-state index < -0.39 is 10.0 Å². The van der Waals surface area contributed by atoms with E-state index in [-0.39, 0.29) is 6.04 Å². The van der Waals surface area contributed by atoms with Crippen molar-refractivity contribution in [3.8, 4) is 0 Å². The summed E-state index contributed by atoms with van der Waals surface area (Å²) in [5, 5.41) is 0. The van der Waals surface area contributed by atoms with Crippen LogP contribution in [0.15, 0.2) is 24.4 Å². The van der Waals surface area contributed by atoms with Gasteiger partial charge in [-0.25, -0.2) is 13.1 Å². The molecule has 3 rings (SSSR count). The van der Waals surface area contributed by atoms with Gasteiger partial charge >= 0.3 is 0 Å². The average molecular weight is 295 g/mol. The molecule has 20 heavy (non-hydrogen) atoms. The number of aromatic nitrogens is 1.